The second-order valence-electron chi connectivity index (χ2n) is 4.81. The average molecular weight is 278 g/mol. The van der Waals surface area contributed by atoms with Gasteiger partial charge in [0.25, 0.3) is 0 Å². The van der Waals surface area contributed by atoms with E-state index in [0.717, 1.165) is 24.7 Å². The van der Waals surface area contributed by atoms with Gasteiger partial charge in [0.2, 0.25) is 0 Å². The molecule has 2 aromatic carbocycles. The van der Waals surface area contributed by atoms with Crippen LogP contribution in [0.25, 0.3) is 10.8 Å². The molecule has 21 heavy (non-hydrogen) atoms. The van der Waals surface area contributed by atoms with Crippen molar-refractivity contribution in [2.45, 2.75) is 13.5 Å². The minimum Gasteiger partial charge on any atom is -0.369 e. The van der Waals surface area contributed by atoms with Crippen molar-refractivity contribution in [3.05, 3.63) is 60.4 Å². The second-order valence-corrected chi connectivity index (χ2v) is 4.81. The lowest BCUT2D eigenvalue weighted by molar-refractivity contribution is 1.07. The number of fused-ring (bicyclic) bond motifs is 1. The molecule has 3 aromatic rings. The Labute approximate surface area is 124 Å². The summed E-state index contributed by atoms with van der Waals surface area (Å²) in [7, 11) is 0. The second kappa shape index (κ2) is 6.22. The molecule has 4 heteroatoms. The van der Waals surface area contributed by atoms with Crippen LogP contribution >= 0.6 is 0 Å². The first kappa shape index (κ1) is 13.4. The van der Waals surface area contributed by atoms with Gasteiger partial charge >= 0.3 is 0 Å². The lowest BCUT2D eigenvalue weighted by atomic mass is 10.0. The van der Waals surface area contributed by atoms with Crippen molar-refractivity contribution in [3.8, 4) is 0 Å². The van der Waals surface area contributed by atoms with E-state index in [-0.39, 0.29) is 0 Å². The lowest BCUT2D eigenvalue weighted by Crippen LogP contribution is -2.05. The Morgan fingerprint density at radius 3 is 2.52 bits per heavy atom. The fraction of sp³-hybridized carbons (Fsp3) is 0.176. The number of benzene rings is 2. The minimum atomic E-state index is 0.728. The maximum Gasteiger partial charge on any atom is 0.147 e. The Balaban J connectivity index is 1.79. The third kappa shape index (κ3) is 3.11. The lowest BCUT2D eigenvalue weighted by Gasteiger charge is -2.09. The number of aromatic nitrogens is 2. The Morgan fingerprint density at radius 2 is 1.67 bits per heavy atom. The van der Waals surface area contributed by atoms with Gasteiger partial charge in [-0.2, -0.15) is 0 Å². The third-order valence-electron chi connectivity index (χ3n) is 3.33. The van der Waals surface area contributed by atoms with Crippen LogP contribution in [0.15, 0.2) is 54.9 Å². The van der Waals surface area contributed by atoms with Crippen molar-refractivity contribution in [2.75, 3.05) is 17.2 Å². The van der Waals surface area contributed by atoms with Gasteiger partial charge in [0.05, 0.1) is 12.4 Å². The summed E-state index contributed by atoms with van der Waals surface area (Å²) >= 11 is 0. The molecule has 0 aliphatic carbocycles. The molecule has 0 fully saturated rings. The fourth-order valence-electron chi connectivity index (χ4n) is 2.35. The fourth-order valence-corrected chi connectivity index (χ4v) is 2.35. The van der Waals surface area contributed by atoms with Gasteiger partial charge < -0.3 is 10.6 Å². The monoisotopic (exact) mass is 278 g/mol. The SMILES string of the molecule is CCNc1cncc(NCc2cccc3ccccc23)n1. The molecular weight excluding hydrogens is 260 g/mol. The maximum atomic E-state index is 4.47. The highest BCUT2D eigenvalue weighted by molar-refractivity contribution is 5.85. The van der Waals surface area contributed by atoms with Crippen LogP contribution in [0.1, 0.15) is 12.5 Å². The molecule has 0 spiro atoms. The number of rotatable bonds is 5. The largest absolute Gasteiger partial charge is 0.369 e. The summed E-state index contributed by atoms with van der Waals surface area (Å²) in [4.78, 5) is 8.66. The van der Waals surface area contributed by atoms with Crippen molar-refractivity contribution in [1.82, 2.24) is 9.97 Å². The van der Waals surface area contributed by atoms with Crippen LogP contribution < -0.4 is 10.6 Å². The highest BCUT2D eigenvalue weighted by Crippen LogP contribution is 2.19. The maximum absolute atomic E-state index is 4.47. The van der Waals surface area contributed by atoms with E-state index in [9.17, 15) is 0 Å². The highest BCUT2D eigenvalue weighted by Gasteiger charge is 2.02. The van der Waals surface area contributed by atoms with E-state index in [1.54, 1.807) is 12.4 Å². The predicted octanol–water partition coefficient (Wildman–Crippen LogP) is 3.67. The highest BCUT2D eigenvalue weighted by atomic mass is 15.1. The van der Waals surface area contributed by atoms with Gasteiger partial charge in [-0.3, -0.25) is 4.98 Å². The standard InChI is InChI=1S/C17H18N4/c1-2-19-16-11-18-12-17(21-16)20-10-14-8-5-7-13-6-3-4-9-15(13)14/h3-9,11-12H,2,10H2,1H3,(H2,19,20,21). The molecule has 0 saturated heterocycles. The molecule has 3 rings (SSSR count). The summed E-state index contributed by atoms with van der Waals surface area (Å²) in [5.41, 5.74) is 1.25. The van der Waals surface area contributed by atoms with E-state index in [4.69, 9.17) is 0 Å². The van der Waals surface area contributed by atoms with Crippen molar-refractivity contribution in [2.24, 2.45) is 0 Å². The summed E-state index contributed by atoms with van der Waals surface area (Å²) in [6.45, 7) is 3.60. The Bertz CT molecular complexity index is 734. The molecule has 0 aliphatic heterocycles. The first-order chi connectivity index (χ1) is 10.4. The number of nitrogens with one attached hydrogen (secondary N) is 2. The quantitative estimate of drug-likeness (QED) is 0.747. The molecule has 0 amide bonds. The van der Waals surface area contributed by atoms with E-state index in [2.05, 4.69) is 63.1 Å². The number of nitrogens with zero attached hydrogens (tertiary/aromatic N) is 2. The van der Waals surface area contributed by atoms with E-state index < -0.39 is 0 Å². The third-order valence-corrected chi connectivity index (χ3v) is 3.33. The molecule has 0 saturated carbocycles. The molecule has 2 N–H and O–H groups in total. The molecule has 1 aromatic heterocycles. The summed E-state index contributed by atoms with van der Waals surface area (Å²) in [6.07, 6.45) is 3.47. The molecule has 0 bridgehead atoms. The zero-order chi connectivity index (χ0) is 14.5. The van der Waals surface area contributed by atoms with E-state index in [1.165, 1.54) is 16.3 Å². The summed E-state index contributed by atoms with van der Waals surface area (Å²) < 4.78 is 0. The van der Waals surface area contributed by atoms with Gasteiger partial charge in [-0.15, -0.1) is 0 Å². The van der Waals surface area contributed by atoms with E-state index >= 15 is 0 Å². The predicted molar refractivity (Wildman–Crippen MR) is 87.5 cm³/mol. The van der Waals surface area contributed by atoms with Crippen molar-refractivity contribution in [1.29, 1.82) is 0 Å². The first-order valence-corrected chi connectivity index (χ1v) is 7.13. The number of hydrogen-bond acceptors (Lipinski definition) is 4. The summed E-state index contributed by atoms with van der Waals surface area (Å²) in [6, 6.07) is 14.8. The topological polar surface area (TPSA) is 49.8 Å². The molecule has 0 radical (unpaired) electrons. The van der Waals surface area contributed by atoms with Crippen LogP contribution in [0.3, 0.4) is 0 Å². The first-order valence-electron chi connectivity index (χ1n) is 7.13. The van der Waals surface area contributed by atoms with Crippen LogP contribution in [0, 0.1) is 0 Å². The molecule has 0 atom stereocenters. The van der Waals surface area contributed by atoms with Gasteiger partial charge in [0.15, 0.2) is 0 Å². The number of anilines is 2. The molecule has 0 aliphatic rings. The van der Waals surface area contributed by atoms with Crippen LogP contribution in [0.4, 0.5) is 11.6 Å². The smallest absolute Gasteiger partial charge is 0.147 e. The molecule has 4 nitrogen and oxygen atoms in total. The molecule has 0 unspecified atom stereocenters. The Morgan fingerprint density at radius 1 is 0.905 bits per heavy atom. The van der Waals surface area contributed by atoms with Crippen LogP contribution in [0.2, 0.25) is 0 Å². The van der Waals surface area contributed by atoms with Crippen LogP contribution in [0.5, 0.6) is 0 Å². The van der Waals surface area contributed by atoms with Gasteiger partial charge in [-0.25, -0.2) is 4.98 Å². The van der Waals surface area contributed by atoms with Gasteiger partial charge in [0.1, 0.15) is 11.6 Å². The van der Waals surface area contributed by atoms with Crippen molar-refractivity contribution >= 4 is 22.4 Å². The van der Waals surface area contributed by atoms with Gasteiger partial charge in [0, 0.05) is 13.1 Å². The zero-order valence-electron chi connectivity index (χ0n) is 12.0. The average Bonchev–Trinajstić information content (AvgIpc) is 2.53. The zero-order valence-corrected chi connectivity index (χ0v) is 12.0. The molecule has 106 valence electrons. The summed E-state index contributed by atoms with van der Waals surface area (Å²) in [5, 5.41) is 9.02. The molecular formula is C17H18N4. The van der Waals surface area contributed by atoms with E-state index in [0.29, 0.717) is 0 Å². The van der Waals surface area contributed by atoms with Crippen molar-refractivity contribution < 1.29 is 0 Å². The summed E-state index contributed by atoms with van der Waals surface area (Å²) in [5.74, 6) is 1.57. The number of hydrogen-bond donors (Lipinski definition) is 2. The van der Waals surface area contributed by atoms with E-state index in [1.807, 2.05) is 6.92 Å². The Kier molecular flexibility index (Phi) is 3.96. The normalized spacial score (nSPS) is 10.5. The Hall–Kier alpha value is -2.62. The minimum absolute atomic E-state index is 0.728. The van der Waals surface area contributed by atoms with Crippen LogP contribution in [-0.2, 0) is 6.54 Å². The van der Waals surface area contributed by atoms with Gasteiger partial charge in [-0.05, 0) is 23.3 Å². The van der Waals surface area contributed by atoms with Crippen LogP contribution in [-0.4, -0.2) is 16.5 Å². The van der Waals surface area contributed by atoms with Gasteiger partial charge in [-0.1, -0.05) is 42.5 Å². The van der Waals surface area contributed by atoms with Crippen molar-refractivity contribution in [3.63, 3.8) is 0 Å². The molecule has 1 heterocycles.